The molecule has 17 heavy (non-hydrogen) atoms. The standard InChI is InChI=1S/C11H19N3O2S/c1-2-5-10-6-3-4-9-14(10)17(15,16)11-7-8-12-13-11/h7-8,10H,2-6,9H2,1H3,(H,12,13). The van der Waals surface area contributed by atoms with Crippen molar-refractivity contribution >= 4 is 10.0 Å². The minimum Gasteiger partial charge on any atom is -0.266 e. The lowest BCUT2D eigenvalue weighted by atomic mass is 10.0. The highest BCUT2D eigenvalue weighted by atomic mass is 32.2. The van der Waals surface area contributed by atoms with E-state index in [9.17, 15) is 8.42 Å². The molecule has 6 heteroatoms. The van der Waals surface area contributed by atoms with Crippen LogP contribution >= 0.6 is 0 Å². The summed E-state index contributed by atoms with van der Waals surface area (Å²) < 4.78 is 26.4. The van der Waals surface area contributed by atoms with Crippen molar-refractivity contribution in [3.63, 3.8) is 0 Å². The molecular formula is C11H19N3O2S. The largest absolute Gasteiger partial charge is 0.266 e. The number of sulfonamides is 1. The molecule has 0 spiro atoms. The highest BCUT2D eigenvalue weighted by molar-refractivity contribution is 7.89. The molecule has 0 aliphatic carbocycles. The van der Waals surface area contributed by atoms with Gasteiger partial charge in [0.25, 0.3) is 10.0 Å². The predicted octanol–water partition coefficient (Wildman–Crippen LogP) is 1.75. The Hall–Kier alpha value is -0.880. The highest BCUT2D eigenvalue weighted by Gasteiger charge is 2.33. The van der Waals surface area contributed by atoms with Crippen LogP contribution in [0.4, 0.5) is 0 Å². The SMILES string of the molecule is CCCC1CCCCN1S(=O)(=O)c1ccn[nH]1. The lowest BCUT2D eigenvalue weighted by Gasteiger charge is -2.34. The minimum absolute atomic E-state index is 0.155. The molecule has 1 unspecified atom stereocenters. The first-order valence-electron chi connectivity index (χ1n) is 6.17. The number of rotatable bonds is 4. The molecule has 1 aliphatic heterocycles. The van der Waals surface area contributed by atoms with Crippen LogP contribution < -0.4 is 0 Å². The molecule has 0 aromatic carbocycles. The van der Waals surface area contributed by atoms with Crippen LogP contribution in [0.3, 0.4) is 0 Å². The molecule has 1 N–H and O–H groups in total. The third-order valence-corrected chi connectivity index (χ3v) is 5.14. The molecule has 1 aliphatic rings. The fourth-order valence-electron chi connectivity index (χ4n) is 2.43. The molecule has 1 aromatic rings. The van der Waals surface area contributed by atoms with E-state index in [1.54, 1.807) is 4.31 Å². The fourth-order valence-corrected chi connectivity index (χ4v) is 4.05. The summed E-state index contributed by atoms with van der Waals surface area (Å²) in [6.45, 7) is 2.72. The van der Waals surface area contributed by atoms with Crippen molar-refractivity contribution in [2.45, 2.75) is 50.1 Å². The average Bonchev–Trinajstić information content (AvgIpc) is 2.84. The molecule has 0 saturated carbocycles. The van der Waals surface area contributed by atoms with Crippen LogP contribution in [0.5, 0.6) is 0 Å². The maximum atomic E-state index is 12.4. The van der Waals surface area contributed by atoms with Crippen molar-refractivity contribution in [2.75, 3.05) is 6.54 Å². The Morgan fingerprint density at radius 2 is 2.35 bits per heavy atom. The van der Waals surface area contributed by atoms with Crippen LogP contribution in [-0.2, 0) is 10.0 Å². The van der Waals surface area contributed by atoms with Gasteiger partial charge < -0.3 is 0 Å². The summed E-state index contributed by atoms with van der Waals surface area (Å²) in [6.07, 6.45) is 6.48. The average molecular weight is 257 g/mol. The maximum Gasteiger partial charge on any atom is 0.260 e. The smallest absolute Gasteiger partial charge is 0.260 e. The summed E-state index contributed by atoms with van der Waals surface area (Å²) in [6, 6.07) is 1.68. The van der Waals surface area contributed by atoms with Crippen molar-refractivity contribution in [3.8, 4) is 0 Å². The molecular weight excluding hydrogens is 238 g/mol. The molecule has 1 fully saturated rings. The summed E-state index contributed by atoms with van der Waals surface area (Å²) >= 11 is 0. The number of piperidine rings is 1. The molecule has 1 aromatic heterocycles. The van der Waals surface area contributed by atoms with Gasteiger partial charge in [-0.2, -0.15) is 9.40 Å². The number of nitrogens with zero attached hydrogens (tertiary/aromatic N) is 2. The first-order valence-corrected chi connectivity index (χ1v) is 7.61. The van der Waals surface area contributed by atoms with Crippen molar-refractivity contribution in [3.05, 3.63) is 12.3 Å². The Morgan fingerprint density at radius 1 is 1.53 bits per heavy atom. The number of hydrogen-bond acceptors (Lipinski definition) is 3. The van der Waals surface area contributed by atoms with E-state index in [1.807, 2.05) is 0 Å². The van der Waals surface area contributed by atoms with Gasteiger partial charge in [-0.3, -0.25) is 5.10 Å². The lowest BCUT2D eigenvalue weighted by molar-refractivity contribution is 0.239. The molecule has 0 radical (unpaired) electrons. The van der Waals surface area contributed by atoms with E-state index in [4.69, 9.17) is 0 Å². The Kier molecular flexibility index (Phi) is 3.83. The van der Waals surface area contributed by atoms with Crippen molar-refractivity contribution in [2.24, 2.45) is 0 Å². The Morgan fingerprint density at radius 3 is 3.00 bits per heavy atom. The first-order chi connectivity index (χ1) is 8.16. The quantitative estimate of drug-likeness (QED) is 0.893. The van der Waals surface area contributed by atoms with Gasteiger partial charge in [0.2, 0.25) is 0 Å². The Labute approximate surface area is 102 Å². The predicted molar refractivity (Wildman–Crippen MR) is 65.0 cm³/mol. The normalized spacial score (nSPS) is 22.8. The zero-order valence-electron chi connectivity index (χ0n) is 10.1. The lowest BCUT2D eigenvalue weighted by Crippen LogP contribution is -2.43. The van der Waals surface area contributed by atoms with Gasteiger partial charge in [0.05, 0.1) is 6.20 Å². The first kappa shape index (κ1) is 12.6. The number of hydrogen-bond donors (Lipinski definition) is 1. The highest BCUT2D eigenvalue weighted by Crippen LogP contribution is 2.26. The molecule has 5 nitrogen and oxygen atoms in total. The van der Waals surface area contributed by atoms with Gasteiger partial charge in [0, 0.05) is 12.6 Å². The van der Waals surface area contributed by atoms with Crippen molar-refractivity contribution in [1.29, 1.82) is 0 Å². The van der Waals surface area contributed by atoms with E-state index in [1.165, 1.54) is 12.3 Å². The topological polar surface area (TPSA) is 66.1 Å². The van der Waals surface area contributed by atoms with Gasteiger partial charge in [0.15, 0.2) is 5.03 Å². The van der Waals surface area contributed by atoms with E-state index in [2.05, 4.69) is 17.1 Å². The fraction of sp³-hybridized carbons (Fsp3) is 0.727. The van der Waals surface area contributed by atoms with Crippen LogP contribution in [0.2, 0.25) is 0 Å². The number of H-pyrrole nitrogens is 1. The van der Waals surface area contributed by atoms with E-state index >= 15 is 0 Å². The molecule has 0 bridgehead atoms. The second kappa shape index (κ2) is 5.18. The second-order valence-electron chi connectivity index (χ2n) is 4.47. The van der Waals surface area contributed by atoms with E-state index in [0.29, 0.717) is 6.54 Å². The molecule has 1 saturated heterocycles. The summed E-state index contributed by atoms with van der Waals surface area (Å²) in [5, 5.41) is 6.49. The second-order valence-corrected chi connectivity index (χ2v) is 6.33. The number of aromatic amines is 1. The van der Waals surface area contributed by atoms with E-state index < -0.39 is 10.0 Å². The van der Waals surface area contributed by atoms with Gasteiger partial charge >= 0.3 is 0 Å². The van der Waals surface area contributed by atoms with Gasteiger partial charge in [-0.05, 0) is 25.3 Å². The van der Waals surface area contributed by atoms with E-state index in [-0.39, 0.29) is 11.1 Å². The van der Waals surface area contributed by atoms with Crippen LogP contribution in [0.15, 0.2) is 17.3 Å². The molecule has 2 rings (SSSR count). The maximum absolute atomic E-state index is 12.4. The Bertz CT molecular complexity index is 439. The monoisotopic (exact) mass is 257 g/mol. The molecule has 2 heterocycles. The van der Waals surface area contributed by atoms with Gasteiger partial charge in [-0.25, -0.2) is 8.42 Å². The summed E-state index contributed by atoms with van der Waals surface area (Å²) in [5.41, 5.74) is 0. The third-order valence-electron chi connectivity index (χ3n) is 3.26. The molecule has 0 amide bonds. The van der Waals surface area contributed by atoms with Crippen LogP contribution in [0.1, 0.15) is 39.0 Å². The molecule has 1 atom stereocenters. The summed E-state index contributed by atoms with van der Waals surface area (Å²) in [7, 11) is -3.37. The van der Waals surface area contributed by atoms with Gasteiger partial charge in [-0.15, -0.1) is 0 Å². The summed E-state index contributed by atoms with van der Waals surface area (Å²) in [5.74, 6) is 0. The van der Waals surface area contributed by atoms with Gasteiger partial charge in [-0.1, -0.05) is 19.8 Å². The minimum atomic E-state index is -3.37. The van der Waals surface area contributed by atoms with Crippen molar-refractivity contribution < 1.29 is 8.42 Å². The van der Waals surface area contributed by atoms with Crippen molar-refractivity contribution in [1.82, 2.24) is 14.5 Å². The molecule has 96 valence electrons. The zero-order valence-corrected chi connectivity index (χ0v) is 10.9. The van der Waals surface area contributed by atoms with Crippen LogP contribution in [0, 0.1) is 0 Å². The van der Waals surface area contributed by atoms with E-state index in [0.717, 1.165) is 32.1 Å². The van der Waals surface area contributed by atoms with Gasteiger partial charge in [0.1, 0.15) is 0 Å². The Balaban J connectivity index is 2.24. The van der Waals surface area contributed by atoms with Crippen LogP contribution in [-0.4, -0.2) is 35.5 Å². The zero-order chi connectivity index (χ0) is 12.3. The summed E-state index contributed by atoms with van der Waals surface area (Å²) in [4.78, 5) is 0. The number of nitrogens with one attached hydrogen (secondary N) is 1. The third kappa shape index (κ3) is 2.52. The van der Waals surface area contributed by atoms with Crippen LogP contribution in [0.25, 0.3) is 0 Å². The number of aromatic nitrogens is 2.